The van der Waals surface area contributed by atoms with E-state index in [0.29, 0.717) is 5.75 Å². The highest BCUT2D eigenvalue weighted by molar-refractivity contribution is 6.62. The predicted octanol–water partition coefficient (Wildman–Crippen LogP) is 1.53. The van der Waals surface area contributed by atoms with Gasteiger partial charge in [-0.3, -0.25) is 0 Å². The predicted molar refractivity (Wildman–Crippen MR) is 66.5 cm³/mol. The maximum absolute atomic E-state index is 13.7. The number of ether oxygens (including phenoxy) is 1. The molecule has 0 aliphatic carbocycles. The molecule has 2 heterocycles. The maximum Gasteiger partial charge on any atom is 0.499 e. The van der Waals surface area contributed by atoms with Crippen molar-refractivity contribution in [2.75, 3.05) is 7.11 Å². The Hall–Kier alpha value is -1.14. The number of hydrogen-bond donors (Lipinski definition) is 0. The van der Waals surface area contributed by atoms with Crippen LogP contribution in [0.2, 0.25) is 0 Å². The SMILES string of the molecule is COc1cnc(F)c(B2OC(C)(C)C(C)(C)O2)c1. The Labute approximate surface area is 107 Å². The molecule has 98 valence electrons. The number of nitrogens with zero attached hydrogens (tertiary/aromatic N) is 1. The largest absolute Gasteiger partial charge is 0.499 e. The summed E-state index contributed by atoms with van der Waals surface area (Å²) < 4.78 is 30.3. The molecule has 0 bridgehead atoms. The number of methoxy groups -OCH3 is 1. The van der Waals surface area contributed by atoms with Crippen molar-refractivity contribution in [1.29, 1.82) is 0 Å². The first-order chi connectivity index (χ1) is 8.27. The van der Waals surface area contributed by atoms with Crippen LogP contribution in [0.15, 0.2) is 12.3 Å². The van der Waals surface area contributed by atoms with Crippen LogP contribution in [-0.4, -0.2) is 30.4 Å². The summed E-state index contributed by atoms with van der Waals surface area (Å²) in [5.74, 6) is -0.129. The van der Waals surface area contributed by atoms with Gasteiger partial charge in [-0.2, -0.15) is 4.39 Å². The molecule has 1 aliphatic heterocycles. The average molecular weight is 253 g/mol. The molecule has 1 aliphatic rings. The van der Waals surface area contributed by atoms with E-state index in [0.717, 1.165) is 0 Å². The molecule has 0 saturated carbocycles. The third kappa shape index (κ3) is 2.10. The van der Waals surface area contributed by atoms with Crippen LogP contribution >= 0.6 is 0 Å². The van der Waals surface area contributed by atoms with Gasteiger partial charge < -0.3 is 14.0 Å². The van der Waals surface area contributed by atoms with Gasteiger partial charge in [0.05, 0.1) is 24.5 Å². The Bertz CT molecular complexity index is 449. The van der Waals surface area contributed by atoms with Crippen molar-refractivity contribution in [1.82, 2.24) is 4.98 Å². The molecule has 4 nitrogen and oxygen atoms in total. The topological polar surface area (TPSA) is 40.6 Å². The maximum atomic E-state index is 13.7. The minimum atomic E-state index is -0.766. The van der Waals surface area contributed by atoms with Crippen molar-refractivity contribution in [3.63, 3.8) is 0 Å². The van der Waals surface area contributed by atoms with Gasteiger partial charge >= 0.3 is 7.12 Å². The summed E-state index contributed by atoms with van der Waals surface area (Å²) in [5, 5.41) is 0. The van der Waals surface area contributed by atoms with Crippen LogP contribution in [0, 0.1) is 5.95 Å². The lowest BCUT2D eigenvalue weighted by Crippen LogP contribution is -2.41. The zero-order valence-electron chi connectivity index (χ0n) is 11.3. The van der Waals surface area contributed by atoms with Crippen LogP contribution in [0.25, 0.3) is 0 Å². The molecule has 0 N–H and O–H groups in total. The first kappa shape index (κ1) is 13.3. The van der Waals surface area contributed by atoms with Gasteiger partial charge in [0.2, 0.25) is 5.95 Å². The van der Waals surface area contributed by atoms with E-state index in [9.17, 15) is 4.39 Å². The molecule has 1 aromatic heterocycles. The Morgan fingerprint density at radius 3 is 2.28 bits per heavy atom. The number of hydrogen-bond acceptors (Lipinski definition) is 4. The molecule has 18 heavy (non-hydrogen) atoms. The third-order valence-electron chi connectivity index (χ3n) is 3.58. The van der Waals surface area contributed by atoms with E-state index in [-0.39, 0.29) is 5.46 Å². The first-order valence-corrected chi connectivity index (χ1v) is 5.82. The van der Waals surface area contributed by atoms with Crippen LogP contribution in [0.1, 0.15) is 27.7 Å². The standard InChI is InChI=1S/C12H17BFNO3/c1-11(2)12(3,4)18-13(17-11)9-6-8(16-5)7-15-10(9)14/h6-7H,1-5H3. The van der Waals surface area contributed by atoms with Crippen molar-refractivity contribution >= 4 is 12.6 Å². The van der Waals surface area contributed by atoms with Crippen molar-refractivity contribution in [3.05, 3.63) is 18.2 Å². The normalized spacial score (nSPS) is 21.1. The van der Waals surface area contributed by atoms with E-state index >= 15 is 0 Å². The Morgan fingerprint density at radius 1 is 1.22 bits per heavy atom. The Morgan fingerprint density at radius 2 is 1.78 bits per heavy atom. The number of rotatable bonds is 2. The summed E-state index contributed by atoms with van der Waals surface area (Å²) >= 11 is 0. The molecule has 0 radical (unpaired) electrons. The fourth-order valence-corrected chi connectivity index (χ4v) is 1.69. The van der Waals surface area contributed by atoms with Gasteiger partial charge in [0, 0.05) is 5.46 Å². The molecule has 0 spiro atoms. The molecule has 0 amide bonds. The summed E-state index contributed by atoms with van der Waals surface area (Å²) in [6.07, 6.45) is 1.32. The number of halogens is 1. The summed E-state index contributed by atoms with van der Waals surface area (Å²) in [4.78, 5) is 3.64. The number of aromatic nitrogens is 1. The second kappa shape index (κ2) is 4.21. The number of pyridine rings is 1. The van der Waals surface area contributed by atoms with Gasteiger partial charge in [-0.25, -0.2) is 4.98 Å². The van der Waals surface area contributed by atoms with Crippen LogP contribution in [0.4, 0.5) is 4.39 Å². The van der Waals surface area contributed by atoms with E-state index in [1.165, 1.54) is 13.3 Å². The molecular weight excluding hydrogens is 236 g/mol. The first-order valence-electron chi connectivity index (χ1n) is 5.82. The van der Waals surface area contributed by atoms with Crippen LogP contribution in [0.3, 0.4) is 0 Å². The highest BCUT2D eigenvalue weighted by Crippen LogP contribution is 2.36. The Kier molecular flexibility index (Phi) is 3.11. The lowest BCUT2D eigenvalue weighted by Gasteiger charge is -2.32. The molecule has 0 unspecified atom stereocenters. The van der Waals surface area contributed by atoms with E-state index in [4.69, 9.17) is 14.0 Å². The monoisotopic (exact) mass is 253 g/mol. The van der Waals surface area contributed by atoms with E-state index in [2.05, 4.69) is 4.98 Å². The van der Waals surface area contributed by atoms with Crippen molar-refractivity contribution in [2.45, 2.75) is 38.9 Å². The fraction of sp³-hybridized carbons (Fsp3) is 0.583. The van der Waals surface area contributed by atoms with Crippen LogP contribution in [-0.2, 0) is 9.31 Å². The molecular formula is C12H17BFNO3. The summed E-state index contributed by atoms with van der Waals surface area (Å²) in [6.45, 7) is 7.66. The van der Waals surface area contributed by atoms with Gasteiger partial charge in [-0.1, -0.05) is 0 Å². The molecule has 6 heteroatoms. The smallest absolute Gasteiger partial charge is 0.495 e. The van der Waals surface area contributed by atoms with E-state index < -0.39 is 24.3 Å². The van der Waals surface area contributed by atoms with Gasteiger partial charge in [0.1, 0.15) is 5.75 Å². The highest BCUT2D eigenvalue weighted by Gasteiger charge is 2.52. The van der Waals surface area contributed by atoms with E-state index in [1.54, 1.807) is 6.07 Å². The molecule has 2 rings (SSSR count). The fourth-order valence-electron chi connectivity index (χ4n) is 1.69. The van der Waals surface area contributed by atoms with Gasteiger partial charge in [0.25, 0.3) is 0 Å². The third-order valence-corrected chi connectivity index (χ3v) is 3.58. The molecule has 0 atom stereocenters. The van der Waals surface area contributed by atoms with Gasteiger partial charge in [0.15, 0.2) is 0 Å². The van der Waals surface area contributed by atoms with Gasteiger partial charge in [-0.05, 0) is 33.8 Å². The van der Waals surface area contributed by atoms with Crippen molar-refractivity contribution in [2.24, 2.45) is 0 Å². The Balaban J connectivity index is 2.34. The van der Waals surface area contributed by atoms with Gasteiger partial charge in [-0.15, -0.1) is 0 Å². The zero-order chi connectivity index (χ0) is 13.6. The van der Waals surface area contributed by atoms with Crippen LogP contribution < -0.4 is 10.2 Å². The average Bonchev–Trinajstić information content (AvgIpc) is 2.48. The lowest BCUT2D eigenvalue weighted by atomic mass is 9.80. The molecule has 0 aromatic carbocycles. The molecule has 1 aromatic rings. The van der Waals surface area contributed by atoms with Crippen molar-refractivity contribution < 1.29 is 18.4 Å². The molecule has 1 saturated heterocycles. The lowest BCUT2D eigenvalue weighted by molar-refractivity contribution is 0.00578. The minimum Gasteiger partial charge on any atom is -0.495 e. The second-order valence-electron chi connectivity index (χ2n) is 5.34. The summed E-state index contributed by atoms with van der Waals surface area (Å²) in [7, 11) is 0.737. The summed E-state index contributed by atoms with van der Waals surface area (Å²) in [6, 6.07) is 1.55. The minimum absolute atomic E-state index is 0.257. The highest BCUT2D eigenvalue weighted by atomic mass is 19.1. The quantitative estimate of drug-likeness (QED) is 0.592. The molecule has 1 fully saturated rings. The van der Waals surface area contributed by atoms with E-state index in [1.807, 2.05) is 27.7 Å². The summed E-state index contributed by atoms with van der Waals surface area (Å²) in [5.41, 5.74) is -0.756. The zero-order valence-corrected chi connectivity index (χ0v) is 11.3. The second-order valence-corrected chi connectivity index (χ2v) is 5.34. The van der Waals surface area contributed by atoms with Crippen molar-refractivity contribution in [3.8, 4) is 5.75 Å². The van der Waals surface area contributed by atoms with Crippen LogP contribution in [0.5, 0.6) is 5.75 Å².